The van der Waals surface area contributed by atoms with Gasteiger partial charge in [-0.2, -0.15) is 0 Å². The molecule has 4 nitrogen and oxygen atoms in total. The van der Waals surface area contributed by atoms with E-state index in [2.05, 4.69) is 26.1 Å². The zero-order valence-corrected chi connectivity index (χ0v) is 7.40. The van der Waals surface area contributed by atoms with Crippen molar-refractivity contribution in [3.8, 4) is 0 Å². The van der Waals surface area contributed by atoms with Crippen LogP contribution in [-0.2, 0) is 0 Å². The third-order valence-corrected chi connectivity index (χ3v) is 1.91. The molecule has 0 unspecified atom stereocenters. The van der Waals surface area contributed by atoms with Crippen molar-refractivity contribution in [1.82, 2.24) is 10.2 Å². The van der Waals surface area contributed by atoms with Crippen LogP contribution in [-0.4, -0.2) is 16.2 Å². The van der Waals surface area contributed by atoms with E-state index in [-0.39, 0.29) is 23.9 Å². The van der Waals surface area contributed by atoms with Crippen molar-refractivity contribution in [2.75, 3.05) is 0 Å². The summed E-state index contributed by atoms with van der Waals surface area (Å²) in [6.45, 7) is 0. The van der Waals surface area contributed by atoms with Gasteiger partial charge in [0.2, 0.25) is 0 Å². The molecule has 0 amide bonds. The van der Waals surface area contributed by atoms with Gasteiger partial charge in [-0.15, -0.1) is 10.2 Å². The molecule has 1 heterocycles. The van der Waals surface area contributed by atoms with Crippen molar-refractivity contribution in [2.24, 2.45) is 0 Å². The molecule has 0 saturated carbocycles. The van der Waals surface area contributed by atoms with E-state index in [0.717, 1.165) is 11.3 Å². The average molecular weight is 215 g/mol. The monoisotopic (exact) mass is 214 g/mol. The molecule has 0 aliphatic heterocycles. The van der Waals surface area contributed by atoms with Crippen LogP contribution in [0.5, 0.6) is 0 Å². The summed E-state index contributed by atoms with van der Waals surface area (Å²) in [5.74, 6) is -1.29. The summed E-state index contributed by atoms with van der Waals surface area (Å²) in [7, 11) is 0. The van der Waals surface area contributed by atoms with Crippen LogP contribution < -0.4 is 24.0 Å². The first-order chi connectivity index (χ1) is 4.20. The number of carbonyl (C=O) groups excluding carboxylic acids is 1. The number of carbonyl (C=O) groups is 1. The molecule has 0 radical (unpaired) electrons. The molecule has 0 spiro atoms. The molecule has 0 saturated heterocycles. The first kappa shape index (κ1) is 10.1. The van der Waals surface area contributed by atoms with Crippen molar-refractivity contribution >= 4 is 33.2 Å². The number of carboxylic acids is 1. The van der Waals surface area contributed by atoms with Crippen LogP contribution >= 0.6 is 27.3 Å². The summed E-state index contributed by atoms with van der Waals surface area (Å²) < 4.78 is 0.446. The SMILES string of the molecule is O=C([O-])c1nnc(Br)s1.[Li+]. The van der Waals surface area contributed by atoms with Crippen LogP contribution in [0.4, 0.5) is 0 Å². The number of carboxylic acid groups (broad SMARTS) is 1. The number of aromatic carboxylic acids is 1. The molecular weight excluding hydrogens is 215 g/mol. The second kappa shape index (κ2) is 4.08. The van der Waals surface area contributed by atoms with Gasteiger partial charge in [-0.25, -0.2) is 0 Å². The Morgan fingerprint density at radius 2 is 2.20 bits per heavy atom. The van der Waals surface area contributed by atoms with Gasteiger partial charge in [0, 0.05) is 0 Å². The maximum atomic E-state index is 9.99. The van der Waals surface area contributed by atoms with Crippen LogP contribution in [0, 0.1) is 0 Å². The third kappa shape index (κ3) is 2.38. The van der Waals surface area contributed by atoms with Gasteiger partial charge >= 0.3 is 18.9 Å². The maximum Gasteiger partial charge on any atom is 1.00 e. The van der Waals surface area contributed by atoms with Gasteiger partial charge in [-0.3, -0.25) is 0 Å². The fraction of sp³-hybridized carbons (Fsp3) is 0. The number of halogens is 1. The minimum absolute atomic E-state index is 0. The van der Waals surface area contributed by atoms with E-state index < -0.39 is 5.97 Å². The Labute approximate surface area is 81.0 Å². The number of nitrogens with zero attached hydrogens (tertiary/aromatic N) is 2. The average Bonchev–Trinajstić information content (AvgIpc) is 2.14. The van der Waals surface area contributed by atoms with Gasteiger partial charge in [0.25, 0.3) is 0 Å². The number of rotatable bonds is 1. The van der Waals surface area contributed by atoms with Crippen molar-refractivity contribution in [3.05, 3.63) is 8.92 Å². The first-order valence-corrected chi connectivity index (χ1v) is 3.51. The normalized spacial score (nSPS) is 8.50. The molecule has 0 aromatic carbocycles. The predicted octanol–water partition coefficient (Wildman–Crippen LogP) is -3.33. The van der Waals surface area contributed by atoms with Crippen molar-refractivity contribution in [2.45, 2.75) is 0 Å². The summed E-state index contributed by atoms with van der Waals surface area (Å²) in [6.07, 6.45) is 0. The molecule has 1 aromatic rings. The summed E-state index contributed by atoms with van der Waals surface area (Å²) in [5.41, 5.74) is 0. The van der Waals surface area contributed by atoms with Crippen LogP contribution in [0.1, 0.15) is 9.80 Å². The van der Waals surface area contributed by atoms with E-state index in [4.69, 9.17) is 0 Å². The van der Waals surface area contributed by atoms with E-state index in [0.29, 0.717) is 3.92 Å². The Balaban J connectivity index is 0.000000810. The van der Waals surface area contributed by atoms with Crippen molar-refractivity contribution in [1.29, 1.82) is 0 Å². The predicted molar refractivity (Wildman–Crippen MR) is 31.9 cm³/mol. The molecule has 1 aromatic heterocycles. The second-order valence-corrected chi connectivity index (χ2v) is 3.40. The fourth-order valence-electron chi connectivity index (χ4n) is 0.288. The van der Waals surface area contributed by atoms with Gasteiger partial charge in [-0.1, -0.05) is 11.3 Å². The molecule has 48 valence electrons. The van der Waals surface area contributed by atoms with E-state index >= 15 is 0 Å². The molecule has 0 aliphatic carbocycles. The van der Waals surface area contributed by atoms with E-state index in [1.54, 1.807) is 0 Å². The molecule has 0 atom stereocenters. The Kier molecular flexibility index (Phi) is 4.13. The number of hydrogen-bond acceptors (Lipinski definition) is 5. The van der Waals surface area contributed by atoms with Crippen LogP contribution in [0.25, 0.3) is 0 Å². The number of hydrogen-bond donors (Lipinski definition) is 0. The Bertz CT molecular complexity index is 240. The first-order valence-electron chi connectivity index (χ1n) is 1.90. The summed E-state index contributed by atoms with van der Waals surface area (Å²) in [4.78, 5) is 9.99. The second-order valence-electron chi connectivity index (χ2n) is 1.15. The van der Waals surface area contributed by atoms with Crippen molar-refractivity contribution in [3.63, 3.8) is 0 Å². The zero-order valence-electron chi connectivity index (χ0n) is 5.00. The Morgan fingerprint density at radius 3 is 2.40 bits per heavy atom. The van der Waals surface area contributed by atoms with Crippen molar-refractivity contribution < 1.29 is 28.8 Å². The van der Waals surface area contributed by atoms with E-state index in [9.17, 15) is 9.90 Å². The quantitative estimate of drug-likeness (QED) is 0.459. The molecule has 0 fully saturated rings. The van der Waals surface area contributed by atoms with Gasteiger partial charge in [0.1, 0.15) is 5.97 Å². The number of aromatic nitrogens is 2. The minimum atomic E-state index is -1.29. The third-order valence-electron chi connectivity index (χ3n) is 0.575. The topological polar surface area (TPSA) is 65.9 Å². The fourth-order valence-corrected chi connectivity index (χ4v) is 1.23. The molecular formula is C3BrLiN2O2S. The summed E-state index contributed by atoms with van der Waals surface area (Å²) in [5, 5.41) is 16.6. The standard InChI is InChI=1S/C3HBrN2O2S.Li/c4-3-6-5-1(9-3)2(7)8;/h(H,7,8);/q;+1/p-1. The molecule has 0 bridgehead atoms. The summed E-state index contributed by atoms with van der Waals surface area (Å²) in [6, 6.07) is 0. The van der Waals surface area contributed by atoms with Gasteiger partial charge in [0.05, 0.1) is 0 Å². The van der Waals surface area contributed by atoms with Crippen LogP contribution in [0.2, 0.25) is 0 Å². The molecule has 7 heteroatoms. The van der Waals surface area contributed by atoms with Crippen LogP contribution in [0.3, 0.4) is 0 Å². The Morgan fingerprint density at radius 1 is 1.60 bits per heavy atom. The smallest absolute Gasteiger partial charge is 0.542 e. The van der Waals surface area contributed by atoms with E-state index in [1.165, 1.54) is 0 Å². The maximum absolute atomic E-state index is 9.99. The van der Waals surface area contributed by atoms with Gasteiger partial charge in [0.15, 0.2) is 8.92 Å². The zero-order chi connectivity index (χ0) is 6.85. The van der Waals surface area contributed by atoms with E-state index in [1.807, 2.05) is 0 Å². The summed E-state index contributed by atoms with van der Waals surface area (Å²) >= 11 is 3.88. The largest absolute Gasteiger partial charge is 1.00 e. The molecule has 1 rings (SSSR count). The Hall–Kier alpha value is 0.107. The van der Waals surface area contributed by atoms with Crippen LogP contribution in [0.15, 0.2) is 3.92 Å². The molecule has 0 aliphatic rings. The molecule has 10 heavy (non-hydrogen) atoms. The molecule has 0 N–H and O–H groups in total. The minimum Gasteiger partial charge on any atom is -0.542 e. The van der Waals surface area contributed by atoms with Gasteiger partial charge in [-0.05, 0) is 15.9 Å². The van der Waals surface area contributed by atoms with Gasteiger partial charge < -0.3 is 9.90 Å².